The molecule has 23 heavy (non-hydrogen) atoms. The van der Waals surface area contributed by atoms with Crippen molar-refractivity contribution in [2.45, 2.75) is 37.8 Å². The molecular weight excluding hydrogens is 321 g/mol. The van der Waals surface area contributed by atoms with E-state index < -0.39 is 18.6 Å². The van der Waals surface area contributed by atoms with Gasteiger partial charge in [0, 0.05) is 17.6 Å². The van der Waals surface area contributed by atoms with E-state index in [9.17, 15) is 14.0 Å². The fraction of sp³-hybridized carbons (Fsp3) is 0.500. The normalized spacial score (nSPS) is 21.0. The first-order valence-electron chi connectivity index (χ1n) is 7.65. The predicted octanol–water partition coefficient (Wildman–Crippen LogP) is 2.36. The topological polar surface area (TPSA) is 70.2 Å². The Bertz CT molecular complexity index is 564. The molecule has 1 atom stereocenters. The van der Waals surface area contributed by atoms with Crippen molar-refractivity contribution in [2.24, 2.45) is 0 Å². The molecule has 0 aliphatic heterocycles. The van der Waals surface area contributed by atoms with Crippen molar-refractivity contribution in [1.29, 1.82) is 0 Å². The first-order valence-corrected chi connectivity index (χ1v) is 8.03. The molecule has 3 amide bonds. The number of hydrogen-bond donors (Lipinski definition) is 3. The fourth-order valence-corrected chi connectivity index (χ4v) is 2.78. The van der Waals surface area contributed by atoms with Crippen LogP contribution in [0.3, 0.4) is 0 Å². The van der Waals surface area contributed by atoms with Gasteiger partial charge in [-0.3, -0.25) is 4.79 Å². The summed E-state index contributed by atoms with van der Waals surface area (Å²) in [6.45, 7) is 0.886. The van der Waals surface area contributed by atoms with E-state index >= 15 is 0 Å². The van der Waals surface area contributed by atoms with Gasteiger partial charge >= 0.3 is 6.03 Å². The minimum absolute atomic E-state index is 0.0452. The number of nitrogens with one attached hydrogen (secondary N) is 3. The molecule has 0 radical (unpaired) electrons. The summed E-state index contributed by atoms with van der Waals surface area (Å²) in [4.78, 5) is 23.4. The molecule has 0 bridgehead atoms. The molecule has 1 saturated carbocycles. The summed E-state index contributed by atoms with van der Waals surface area (Å²) < 4.78 is 12.0. The van der Waals surface area contributed by atoms with E-state index in [0.717, 1.165) is 12.8 Å². The maximum absolute atomic E-state index is 12.0. The van der Waals surface area contributed by atoms with Crippen LogP contribution in [0.5, 0.6) is 0 Å². The summed E-state index contributed by atoms with van der Waals surface area (Å²) in [5.74, 6) is -0.00695. The van der Waals surface area contributed by atoms with Crippen molar-refractivity contribution in [3.63, 3.8) is 0 Å². The van der Waals surface area contributed by atoms with Crippen LogP contribution in [0.15, 0.2) is 24.3 Å². The average Bonchev–Trinajstić information content (AvgIpc) is 2.47. The number of amides is 3. The van der Waals surface area contributed by atoms with Crippen molar-refractivity contribution in [3.05, 3.63) is 34.9 Å². The summed E-state index contributed by atoms with van der Waals surface area (Å²) >= 11 is 5.97. The number of halogens is 2. The number of hydrogen-bond acceptors (Lipinski definition) is 2. The lowest BCUT2D eigenvalue weighted by Crippen LogP contribution is -2.53. The van der Waals surface area contributed by atoms with Crippen LogP contribution < -0.4 is 16.0 Å². The van der Waals surface area contributed by atoms with Crippen molar-refractivity contribution in [1.82, 2.24) is 16.0 Å². The van der Waals surface area contributed by atoms with Gasteiger partial charge in [-0.15, -0.1) is 0 Å². The summed E-state index contributed by atoms with van der Waals surface area (Å²) in [5.41, 5.74) is 1.18. The Morgan fingerprint density at radius 3 is 2.78 bits per heavy atom. The minimum Gasteiger partial charge on any atom is -0.352 e. The molecule has 3 N–H and O–H groups in total. The number of benzene rings is 1. The van der Waals surface area contributed by atoms with Crippen LogP contribution >= 0.6 is 11.6 Å². The third-order valence-corrected chi connectivity index (χ3v) is 4.16. The van der Waals surface area contributed by atoms with E-state index in [0.29, 0.717) is 10.9 Å². The van der Waals surface area contributed by atoms with E-state index in [4.69, 9.17) is 11.6 Å². The molecule has 126 valence electrons. The molecule has 5 nitrogen and oxygen atoms in total. The van der Waals surface area contributed by atoms with Gasteiger partial charge in [-0.25, -0.2) is 9.18 Å². The third kappa shape index (κ3) is 5.10. The highest BCUT2D eigenvalue weighted by Crippen LogP contribution is 2.37. The van der Waals surface area contributed by atoms with Gasteiger partial charge in [0.25, 0.3) is 0 Å². The van der Waals surface area contributed by atoms with Crippen molar-refractivity contribution >= 4 is 23.5 Å². The maximum atomic E-state index is 12.0. The maximum Gasteiger partial charge on any atom is 0.315 e. The lowest BCUT2D eigenvalue weighted by atomic mass is 9.76. The Kier molecular flexibility index (Phi) is 6.21. The van der Waals surface area contributed by atoms with Gasteiger partial charge in [-0.05, 0) is 43.4 Å². The Balaban J connectivity index is 1.70. The van der Waals surface area contributed by atoms with Crippen LogP contribution in [0.25, 0.3) is 0 Å². The third-order valence-electron chi connectivity index (χ3n) is 3.93. The number of urea groups is 1. The smallest absolute Gasteiger partial charge is 0.315 e. The number of rotatable bonds is 6. The van der Waals surface area contributed by atoms with Gasteiger partial charge in [0.15, 0.2) is 0 Å². The molecule has 1 aromatic rings. The molecule has 0 aromatic heterocycles. The van der Waals surface area contributed by atoms with E-state index in [1.807, 2.05) is 24.3 Å². The van der Waals surface area contributed by atoms with E-state index in [-0.39, 0.29) is 18.6 Å². The zero-order valence-corrected chi connectivity index (χ0v) is 13.7. The fourth-order valence-electron chi connectivity index (χ4n) is 2.58. The summed E-state index contributed by atoms with van der Waals surface area (Å²) in [6.07, 6.45) is 1.69. The van der Waals surface area contributed by atoms with Gasteiger partial charge in [0.2, 0.25) is 5.91 Å². The number of carbonyl (C=O) groups excluding carboxylic acids is 2. The second kappa shape index (κ2) is 8.15. The van der Waals surface area contributed by atoms with Gasteiger partial charge in [-0.2, -0.15) is 0 Å². The van der Waals surface area contributed by atoms with Crippen LogP contribution in [0.2, 0.25) is 5.02 Å². The van der Waals surface area contributed by atoms with Crippen LogP contribution in [-0.2, 0) is 4.79 Å². The zero-order chi connectivity index (χ0) is 16.8. The van der Waals surface area contributed by atoms with Gasteiger partial charge in [0.1, 0.15) is 12.7 Å². The molecule has 1 aliphatic carbocycles. The summed E-state index contributed by atoms with van der Waals surface area (Å²) in [7, 11) is 0. The quantitative estimate of drug-likeness (QED) is 0.743. The van der Waals surface area contributed by atoms with Crippen molar-refractivity contribution < 1.29 is 14.0 Å². The molecule has 1 aromatic carbocycles. The standard InChI is InChI=1S/C16H21ClFN3O2/c1-10(15(22)19-6-5-18)20-16(23)21-14-8-12(9-14)11-3-2-4-13(17)7-11/h2-4,7,10,12,14H,5-6,8-9H2,1H3,(H,19,22)(H2,20,21,23)/t10-,12?,14?/m0/s1. The van der Waals surface area contributed by atoms with Crippen LogP contribution in [0.1, 0.15) is 31.2 Å². The Labute approximate surface area is 140 Å². The molecule has 2 rings (SSSR count). The second-order valence-electron chi connectivity index (χ2n) is 5.74. The van der Waals surface area contributed by atoms with Crippen LogP contribution in [-0.4, -0.2) is 37.2 Å². The first-order chi connectivity index (χ1) is 11.0. The van der Waals surface area contributed by atoms with Gasteiger partial charge in [-0.1, -0.05) is 23.7 Å². The largest absolute Gasteiger partial charge is 0.352 e. The lowest BCUT2D eigenvalue weighted by molar-refractivity contribution is -0.122. The minimum atomic E-state index is -0.703. The van der Waals surface area contributed by atoms with Gasteiger partial charge < -0.3 is 16.0 Å². The van der Waals surface area contributed by atoms with Crippen LogP contribution in [0, 0.1) is 0 Å². The monoisotopic (exact) mass is 341 g/mol. The van der Waals surface area contributed by atoms with E-state index in [2.05, 4.69) is 16.0 Å². The molecular formula is C16H21ClFN3O2. The first kappa shape index (κ1) is 17.5. The molecule has 1 fully saturated rings. The van der Waals surface area contributed by atoms with Crippen molar-refractivity contribution in [2.75, 3.05) is 13.2 Å². The summed E-state index contributed by atoms with van der Waals surface area (Å²) in [6, 6.07) is 6.72. The predicted molar refractivity (Wildman–Crippen MR) is 87.3 cm³/mol. The van der Waals surface area contributed by atoms with E-state index in [1.54, 1.807) is 6.92 Å². The highest BCUT2D eigenvalue weighted by atomic mass is 35.5. The summed E-state index contributed by atoms with van der Waals surface area (Å²) in [5, 5.41) is 8.48. The molecule has 1 aliphatic rings. The molecule has 0 spiro atoms. The van der Waals surface area contributed by atoms with Crippen molar-refractivity contribution in [3.8, 4) is 0 Å². The van der Waals surface area contributed by atoms with Gasteiger partial charge in [0.05, 0.1) is 0 Å². The number of carbonyl (C=O) groups is 2. The number of alkyl halides is 1. The highest BCUT2D eigenvalue weighted by Gasteiger charge is 2.31. The Hall–Kier alpha value is -1.82. The lowest BCUT2D eigenvalue weighted by Gasteiger charge is -2.36. The average molecular weight is 342 g/mol. The highest BCUT2D eigenvalue weighted by molar-refractivity contribution is 6.30. The molecule has 0 unspecified atom stereocenters. The molecule has 7 heteroatoms. The van der Waals surface area contributed by atoms with E-state index in [1.165, 1.54) is 5.56 Å². The zero-order valence-electron chi connectivity index (χ0n) is 12.9. The second-order valence-corrected chi connectivity index (χ2v) is 6.18. The van der Waals surface area contributed by atoms with Crippen LogP contribution in [0.4, 0.5) is 9.18 Å². The SMILES string of the molecule is C[C@H](NC(=O)NC1CC(c2cccc(Cl)c2)C1)C(=O)NCCF. The molecule has 0 saturated heterocycles. The Morgan fingerprint density at radius 2 is 2.13 bits per heavy atom. The Morgan fingerprint density at radius 1 is 1.39 bits per heavy atom. The molecule has 0 heterocycles.